The van der Waals surface area contributed by atoms with Crippen molar-refractivity contribution in [2.24, 2.45) is 0 Å². The quantitative estimate of drug-likeness (QED) is 0.693. The Kier molecular flexibility index (Phi) is 3.47. The van der Waals surface area contributed by atoms with Crippen LogP contribution in [0.2, 0.25) is 0 Å². The average molecular weight is 233 g/mol. The zero-order chi connectivity index (χ0) is 12.3. The second kappa shape index (κ2) is 5.04. The number of ether oxygens (including phenoxy) is 1. The Morgan fingerprint density at radius 1 is 1.47 bits per heavy atom. The number of hydrogen-bond acceptors (Lipinski definition) is 5. The van der Waals surface area contributed by atoms with Crippen molar-refractivity contribution >= 4 is 0 Å². The Morgan fingerprint density at radius 3 is 2.88 bits per heavy atom. The average Bonchev–Trinajstić information content (AvgIpc) is 2.39. The molecule has 90 valence electrons. The normalized spacial score (nSPS) is 19.6. The summed E-state index contributed by atoms with van der Waals surface area (Å²) in [6.07, 6.45) is 0. The summed E-state index contributed by atoms with van der Waals surface area (Å²) in [5.74, 6) is 0.444. The summed E-state index contributed by atoms with van der Waals surface area (Å²) in [5.41, 5.74) is 1.09. The van der Waals surface area contributed by atoms with Crippen molar-refractivity contribution in [1.82, 2.24) is 10.6 Å². The first-order chi connectivity index (χ1) is 8.27. The molecule has 1 aliphatic rings. The van der Waals surface area contributed by atoms with Gasteiger partial charge >= 0.3 is 0 Å². The van der Waals surface area contributed by atoms with Gasteiger partial charge in [-0.1, -0.05) is 0 Å². The molecule has 1 aromatic rings. The van der Waals surface area contributed by atoms with Crippen LogP contribution in [0.3, 0.4) is 0 Å². The van der Waals surface area contributed by atoms with E-state index in [-0.39, 0.29) is 11.8 Å². The van der Waals surface area contributed by atoms with Gasteiger partial charge in [0.05, 0.1) is 18.7 Å². The zero-order valence-corrected chi connectivity index (χ0v) is 9.66. The molecule has 5 heteroatoms. The Labute approximate surface area is 100 Å². The summed E-state index contributed by atoms with van der Waals surface area (Å²) in [6.45, 7) is 2.39. The van der Waals surface area contributed by atoms with E-state index in [4.69, 9.17) is 10.00 Å². The van der Waals surface area contributed by atoms with E-state index >= 15 is 0 Å². The van der Waals surface area contributed by atoms with Crippen LogP contribution in [0.1, 0.15) is 17.2 Å². The highest BCUT2D eigenvalue weighted by atomic mass is 16.5. The number of piperazine rings is 1. The van der Waals surface area contributed by atoms with E-state index in [1.165, 1.54) is 7.11 Å². The van der Waals surface area contributed by atoms with Crippen LogP contribution >= 0.6 is 0 Å². The molecule has 2 rings (SSSR count). The highest BCUT2D eigenvalue weighted by molar-refractivity contribution is 5.55. The lowest BCUT2D eigenvalue weighted by atomic mass is 9.98. The van der Waals surface area contributed by atoms with Gasteiger partial charge in [-0.2, -0.15) is 5.26 Å². The maximum absolute atomic E-state index is 10.1. The zero-order valence-electron chi connectivity index (χ0n) is 9.66. The number of rotatable bonds is 2. The Morgan fingerprint density at radius 2 is 2.29 bits per heavy atom. The van der Waals surface area contributed by atoms with E-state index in [0.717, 1.165) is 13.1 Å². The van der Waals surface area contributed by atoms with Gasteiger partial charge in [0.15, 0.2) is 11.5 Å². The molecule has 0 spiro atoms. The molecule has 0 radical (unpaired) electrons. The Bertz CT molecular complexity index is 448. The molecule has 1 aromatic carbocycles. The van der Waals surface area contributed by atoms with E-state index in [1.54, 1.807) is 12.1 Å². The molecule has 1 aliphatic heterocycles. The number of phenols is 1. The van der Waals surface area contributed by atoms with Gasteiger partial charge in [-0.05, 0) is 12.1 Å². The molecule has 0 aliphatic carbocycles. The van der Waals surface area contributed by atoms with Crippen molar-refractivity contribution in [3.05, 3.63) is 23.3 Å². The minimum absolute atomic E-state index is 0.0488. The van der Waals surface area contributed by atoms with E-state index < -0.39 is 0 Å². The maximum Gasteiger partial charge on any atom is 0.163 e. The van der Waals surface area contributed by atoms with Gasteiger partial charge in [0.2, 0.25) is 0 Å². The molecule has 5 nitrogen and oxygen atoms in total. The summed E-state index contributed by atoms with van der Waals surface area (Å²) in [7, 11) is 1.50. The molecular weight excluding hydrogens is 218 g/mol. The van der Waals surface area contributed by atoms with Crippen LogP contribution in [0.25, 0.3) is 0 Å². The van der Waals surface area contributed by atoms with Crippen LogP contribution < -0.4 is 15.4 Å². The van der Waals surface area contributed by atoms with Crippen LogP contribution in [0.4, 0.5) is 0 Å². The monoisotopic (exact) mass is 233 g/mol. The number of nitrogens with one attached hydrogen (secondary N) is 2. The van der Waals surface area contributed by atoms with Crippen LogP contribution in [0.5, 0.6) is 11.5 Å². The molecule has 17 heavy (non-hydrogen) atoms. The summed E-state index contributed by atoms with van der Waals surface area (Å²) in [5, 5.41) is 25.7. The highest BCUT2D eigenvalue weighted by Crippen LogP contribution is 2.36. The van der Waals surface area contributed by atoms with Gasteiger partial charge in [0.1, 0.15) is 0 Å². The fourth-order valence-corrected chi connectivity index (χ4v) is 2.06. The van der Waals surface area contributed by atoms with Crippen LogP contribution in [-0.2, 0) is 0 Å². The van der Waals surface area contributed by atoms with Crippen LogP contribution in [0, 0.1) is 11.3 Å². The van der Waals surface area contributed by atoms with Crippen LogP contribution in [-0.4, -0.2) is 31.9 Å². The standard InChI is InChI=1S/C12H15N3O2/c1-17-10-3-2-8(6-13)11(12(10)16)9-7-14-4-5-15-9/h2-3,9,14-16H,4-5,7H2,1H3/t9-/m0/s1. The first-order valence-corrected chi connectivity index (χ1v) is 5.52. The third kappa shape index (κ3) is 2.18. The molecule has 0 bridgehead atoms. The third-order valence-electron chi connectivity index (χ3n) is 2.91. The largest absolute Gasteiger partial charge is 0.504 e. The van der Waals surface area contributed by atoms with Gasteiger partial charge in [0, 0.05) is 31.2 Å². The smallest absolute Gasteiger partial charge is 0.163 e. The van der Waals surface area contributed by atoms with E-state index in [9.17, 15) is 5.11 Å². The van der Waals surface area contributed by atoms with Gasteiger partial charge in [-0.25, -0.2) is 0 Å². The molecule has 1 atom stereocenters. The van der Waals surface area contributed by atoms with Gasteiger partial charge < -0.3 is 20.5 Å². The molecule has 0 amide bonds. The molecule has 0 saturated carbocycles. The molecule has 1 fully saturated rings. The predicted molar refractivity (Wildman–Crippen MR) is 63.0 cm³/mol. The number of phenolic OH excluding ortho intramolecular Hbond substituents is 1. The minimum atomic E-state index is -0.0616. The fraction of sp³-hybridized carbons (Fsp3) is 0.417. The number of benzene rings is 1. The second-order valence-corrected chi connectivity index (χ2v) is 3.90. The highest BCUT2D eigenvalue weighted by Gasteiger charge is 2.23. The maximum atomic E-state index is 10.1. The first kappa shape index (κ1) is 11.7. The Balaban J connectivity index is 2.45. The number of hydrogen-bond donors (Lipinski definition) is 3. The first-order valence-electron chi connectivity index (χ1n) is 5.52. The number of methoxy groups -OCH3 is 1. The molecular formula is C12H15N3O2. The lowest BCUT2D eigenvalue weighted by Crippen LogP contribution is -2.42. The summed E-state index contributed by atoms with van der Waals surface area (Å²) in [4.78, 5) is 0. The van der Waals surface area contributed by atoms with Crippen molar-refractivity contribution < 1.29 is 9.84 Å². The van der Waals surface area contributed by atoms with Crippen molar-refractivity contribution in [1.29, 1.82) is 5.26 Å². The Hall–Kier alpha value is -1.77. The topological polar surface area (TPSA) is 77.3 Å². The number of nitriles is 1. The lowest BCUT2D eigenvalue weighted by Gasteiger charge is -2.26. The predicted octanol–water partition coefficient (Wildman–Crippen LogP) is 0.506. The van der Waals surface area contributed by atoms with E-state index in [1.807, 2.05) is 0 Å². The molecule has 1 saturated heterocycles. The minimum Gasteiger partial charge on any atom is -0.504 e. The fourth-order valence-electron chi connectivity index (χ4n) is 2.06. The molecule has 1 heterocycles. The lowest BCUT2D eigenvalue weighted by molar-refractivity contribution is 0.358. The third-order valence-corrected chi connectivity index (χ3v) is 2.91. The number of nitrogens with zero attached hydrogens (tertiary/aromatic N) is 1. The summed E-state index contributed by atoms with van der Waals surface area (Å²) >= 11 is 0. The molecule has 0 unspecified atom stereocenters. The van der Waals surface area contributed by atoms with Crippen molar-refractivity contribution in [3.8, 4) is 17.6 Å². The summed E-state index contributed by atoms with van der Waals surface area (Å²) < 4.78 is 5.07. The van der Waals surface area contributed by atoms with E-state index in [0.29, 0.717) is 23.4 Å². The SMILES string of the molecule is COc1ccc(C#N)c([C@@H]2CNCCN2)c1O. The second-order valence-electron chi connectivity index (χ2n) is 3.90. The molecule has 3 N–H and O–H groups in total. The van der Waals surface area contributed by atoms with Crippen LogP contribution in [0.15, 0.2) is 12.1 Å². The van der Waals surface area contributed by atoms with E-state index in [2.05, 4.69) is 16.7 Å². The van der Waals surface area contributed by atoms with Crippen molar-refractivity contribution in [2.75, 3.05) is 26.7 Å². The van der Waals surface area contributed by atoms with Gasteiger partial charge in [0.25, 0.3) is 0 Å². The number of aromatic hydroxyl groups is 1. The summed E-state index contributed by atoms with van der Waals surface area (Å²) in [6, 6.07) is 5.32. The molecule has 0 aromatic heterocycles. The van der Waals surface area contributed by atoms with Gasteiger partial charge in [-0.15, -0.1) is 0 Å². The van der Waals surface area contributed by atoms with Crippen molar-refractivity contribution in [2.45, 2.75) is 6.04 Å². The van der Waals surface area contributed by atoms with Gasteiger partial charge in [-0.3, -0.25) is 0 Å². The van der Waals surface area contributed by atoms with Crippen molar-refractivity contribution in [3.63, 3.8) is 0 Å².